The summed E-state index contributed by atoms with van der Waals surface area (Å²) < 4.78 is 10.8. The van der Waals surface area contributed by atoms with Gasteiger partial charge in [0, 0.05) is 29.6 Å². The molecule has 1 amide bonds. The lowest BCUT2D eigenvalue weighted by Crippen LogP contribution is -2.13. The van der Waals surface area contributed by atoms with Crippen molar-refractivity contribution in [2.45, 2.75) is 33.2 Å². The lowest BCUT2D eigenvalue weighted by molar-refractivity contribution is -0.110. The zero-order chi connectivity index (χ0) is 20.8. The summed E-state index contributed by atoms with van der Waals surface area (Å²) in [5.41, 5.74) is 5.23. The number of anilines is 2. The molecule has 0 aliphatic carbocycles. The Morgan fingerprint density at radius 2 is 1.72 bits per heavy atom. The van der Waals surface area contributed by atoms with Gasteiger partial charge in [0.25, 0.3) is 5.91 Å². The number of amides is 1. The van der Waals surface area contributed by atoms with E-state index in [4.69, 9.17) is 9.47 Å². The van der Waals surface area contributed by atoms with Gasteiger partial charge in [0.15, 0.2) is 11.5 Å². The molecule has 0 saturated carbocycles. The maximum Gasteiger partial charge on any atom is 0.258 e. The van der Waals surface area contributed by atoms with Crippen LogP contribution in [0.1, 0.15) is 37.8 Å². The van der Waals surface area contributed by atoms with Gasteiger partial charge in [0.1, 0.15) is 0 Å². The van der Waals surface area contributed by atoms with Gasteiger partial charge in [-0.2, -0.15) is 0 Å². The smallest absolute Gasteiger partial charge is 0.258 e. The maximum absolute atomic E-state index is 12.7. The van der Waals surface area contributed by atoms with Gasteiger partial charge in [-0.1, -0.05) is 26.0 Å². The van der Waals surface area contributed by atoms with Gasteiger partial charge in [0.2, 0.25) is 0 Å². The number of ether oxygens (including phenoxy) is 2. The lowest BCUT2D eigenvalue weighted by atomic mass is 10.0. The van der Waals surface area contributed by atoms with E-state index in [0.29, 0.717) is 23.5 Å². The van der Waals surface area contributed by atoms with Gasteiger partial charge in [-0.05, 0) is 43.1 Å². The molecule has 1 heterocycles. The van der Waals surface area contributed by atoms with Gasteiger partial charge in [-0.15, -0.1) is 0 Å². The molecule has 0 atom stereocenters. The fourth-order valence-electron chi connectivity index (χ4n) is 3.41. The van der Waals surface area contributed by atoms with Crippen molar-refractivity contribution in [3.63, 3.8) is 0 Å². The Bertz CT molecular complexity index is 904. The van der Waals surface area contributed by atoms with E-state index >= 15 is 0 Å². The predicted molar refractivity (Wildman–Crippen MR) is 117 cm³/mol. The van der Waals surface area contributed by atoms with Crippen LogP contribution in [0.5, 0.6) is 11.5 Å². The Labute approximate surface area is 172 Å². The highest BCUT2D eigenvalue weighted by atomic mass is 16.5. The molecular formula is C23H29N3O3. The molecule has 0 bridgehead atoms. The van der Waals surface area contributed by atoms with Crippen molar-refractivity contribution in [2.24, 2.45) is 0 Å². The van der Waals surface area contributed by atoms with E-state index in [9.17, 15) is 4.79 Å². The zero-order valence-corrected chi connectivity index (χ0v) is 17.5. The lowest BCUT2D eigenvalue weighted by Gasteiger charge is -2.14. The molecule has 6 nitrogen and oxygen atoms in total. The van der Waals surface area contributed by atoms with Crippen LogP contribution in [0.25, 0.3) is 5.57 Å². The number of fused-ring (bicyclic) bond motifs is 1. The van der Waals surface area contributed by atoms with Crippen LogP contribution in [0, 0.1) is 0 Å². The second-order valence-corrected chi connectivity index (χ2v) is 6.91. The van der Waals surface area contributed by atoms with E-state index in [1.807, 2.05) is 25.1 Å². The molecule has 3 rings (SSSR count). The van der Waals surface area contributed by atoms with Crippen molar-refractivity contribution in [2.75, 3.05) is 31.4 Å². The normalized spacial score (nSPS) is 14.3. The number of benzene rings is 2. The van der Waals surface area contributed by atoms with E-state index in [1.165, 1.54) is 5.56 Å². The third-order valence-corrected chi connectivity index (χ3v) is 4.93. The summed E-state index contributed by atoms with van der Waals surface area (Å²) in [6, 6.07) is 11.9. The first-order chi connectivity index (χ1) is 14.1. The summed E-state index contributed by atoms with van der Waals surface area (Å²) in [5, 5.41) is 9.76. The Balaban J connectivity index is 1.88. The Morgan fingerprint density at radius 1 is 1.03 bits per heavy atom. The maximum atomic E-state index is 12.7. The van der Waals surface area contributed by atoms with Crippen molar-refractivity contribution < 1.29 is 14.3 Å². The van der Waals surface area contributed by atoms with Crippen molar-refractivity contribution in [1.29, 1.82) is 0 Å². The van der Waals surface area contributed by atoms with Crippen molar-refractivity contribution in [3.05, 3.63) is 53.2 Å². The first-order valence-corrected chi connectivity index (χ1v) is 9.98. The first kappa shape index (κ1) is 20.7. The number of carbonyl (C=O) groups is 1. The van der Waals surface area contributed by atoms with Crippen LogP contribution < -0.4 is 25.4 Å². The fraction of sp³-hybridized carbons (Fsp3) is 0.348. The molecule has 3 N–H and O–H groups in total. The fourth-order valence-corrected chi connectivity index (χ4v) is 3.41. The van der Waals surface area contributed by atoms with Gasteiger partial charge >= 0.3 is 0 Å². The predicted octanol–water partition coefficient (Wildman–Crippen LogP) is 4.39. The molecular weight excluding hydrogens is 366 g/mol. The second-order valence-electron chi connectivity index (χ2n) is 6.91. The standard InChI is InChI=1S/C23H29N3O3/c1-5-11-24-14-15-7-9-16(10-8-15)25-18(6-2)22-17-12-20(28-3)21(29-4)13-19(17)26-23(22)27/h7-10,12-13,24-25H,5-6,11,14H2,1-4H3,(H,26,27). The molecule has 0 spiro atoms. The van der Waals surface area contributed by atoms with Gasteiger partial charge in [-0.25, -0.2) is 0 Å². The summed E-state index contributed by atoms with van der Waals surface area (Å²) in [6.07, 6.45) is 1.81. The number of hydrogen-bond donors (Lipinski definition) is 3. The summed E-state index contributed by atoms with van der Waals surface area (Å²) in [5.74, 6) is 1.06. The average molecular weight is 396 g/mol. The van der Waals surface area contributed by atoms with Crippen LogP contribution >= 0.6 is 0 Å². The van der Waals surface area contributed by atoms with Crippen LogP contribution in [0.3, 0.4) is 0 Å². The summed E-state index contributed by atoms with van der Waals surface area (Å²) in [6.45, 7) is 6.05. The molecule has 154 valence electrons. The van der Waals surface area contributed by atoms with Crippen LogP contribution in [-0.2, 0) is 11.3 Å². The molecule has 0 saturated heterocycles. The largest absolute Gasteiger partial charge is 0.493 e. The van der Waals surface area contributed by atoms with Crippen LogP contribution in [0.2, 0.25) is 0 Å². The molecule has 2 aromatic carbocycles. The molecule has 2 aromatic rings. The highest BCUT2D eigenvalue weighted by molar-refractivity contribution is 6.32. The molecule has 29 heavy (non-hydrogen) atoms. The highest BCUT2D eigenvalue weighted by Crippen LogP contribution is 2.42. The number of nitrogens with one attached hydrogen (secondary N) is 3. The van der Waals surface area contributed by atoms with Crippen molar-refractivity contribution >= 4 is 22.9 Å². The SMILES string of the molecule is CCCNCc1ccc(NC(CC)=C2C(=O)Nc3cc(OC)c(OC)cc32)cc1. The van der Waals surface area contributed by atoms with Crippen molar-refractivity contribution in [3.8, 4) is 11.5 Å². The molecule has 0 aromatic heterocycles. The van der Waals surface area contributed by atoms with Crippen LogP contribution in [0.4, 0.5) is 11.4 Å². The number of methoxy groups -OCH3 is 2. The monoisotopic (exact) mass is 395 g/mol. The average Bonchev–Trinajstić information content (AvgIpc) is 3.06. The third-order valence-electron chi connectivity index (χ3n) is 4.93. The first-order valence-electron chi connectivity index (χ1n) is 9.98. The van der Waals surface area contributed by atoms with Crippen molar-refractivity contribution in [1.82, 2.24) is 5.32 Å². The van der Waals surface area contributed by atoms with E-state index in [1.54, 1.807) is 20.3 Å². The van der Waals surface area contributed by atoms with E-state index < -0.39 is 0 Å². The minimum absolute atomic E-state index is 0.125. The molecule has 1 aliphatic rings. The van der Waals surface area contributed by atoms with E-state index in [-0.39, 0.29) is 5.91 Å². The Morgan fingerprint density at radius 3 is 2.34 bits per heavy atom. The van der Waals surface area contributed by atoms with Gasteiger partial charge in [0.05, 0.1) is 25.5 Å². The number of allylic oxidation sites excluding steroid dienone is 1. The van der Waals surface area contributed by atoms with Crippen LogP contribution in [0.15, 0.2) is 42.1 Å². The summed E-state index contributed by atoms with van der Waals surface area (Å²) in [7, 11) is 3.17. The second kappa shape index (κ2) is 9.47. The van der Waals surface area contributed by atoms with E-state index in [0.717, 1.165) is 42.1 Å². The zero-order valence-electron chi connectivity index (χ0n) is 17.5. The van der Waals surface area contributed by atoms with Gasteiger partial charge < -0.3 is 25.4 Å². The molecule has 6 heteroatoms. The number of carbonyl (C=O) groups excluding carboxylic acids is 1. The van der Waals surface area contributed by atoms with Crippen LogP contribution in [-0.4, -0.2) is 26.7 Å². The number of rotatable bonds is 9. The highest BCUT2D eigenvalue weighted by Gasteiger charge is 2.29. The summed E-state index contributed by atoms with van der Waals surface area (Å²) >= 11 is 0. The third kappa shape index (κ3) is 4.54. The quantitative estimate of drug-likeness (QED) is 0.434. The summed E-state index contributed by atoms with van der Waals surface area (Å²) in [4.78, 5) is 12.7. The topological polar surface area (TPSA) is 71.6 Å². The minimum atomic E-state index is -0.125. The molecule has 0 unspecified atom stereocenters. The molecule has 1 aliphatic heterocycles. The molecule has 0 radical (unpaired) electrons. The molecule has 0 fully saturated rings. The minimum Gasteiger partial charge on any atom is -0.493 e. The Kier molecular flexibility index (Phi) is 6.77. The van der Waals surface area contributed by atoms with Gasteiger partial charge in [-0.3, -0.25) is 4.79 Å². The Hall–Kier alpha value is -2.99. The number of hydrogen-bond acceptors (Lipinski definition) is 5. The van der Waals surface area contributed by atoms with E-state index in [2.05, 4.69) is 35.0 Å².